The van der Waals surface area contributed by atoms with E-state index in [0.717, 1.165) is 6.41 Å². The Morgan fingerprint density at radius 3 is 2.44 bits per heavy atom. The van der Waals surface area contributed by atoms with Gasteiger partial charge in [-0.3, -0.25) is 19.4 Å². The van der Waals surface area contributed by atoms with Crippen molar-refractivity contribution in [3.8, 4) is 5.95 Å². The van der Waals surface area contributed by atoms with Crippen LogP contribution in [-0.2, 0) is 9.53 Å². The topological polar surface area (TPSA) is 118 Å². The smallest absolute Gasteiger partial charge is 0.276 e. The number of nitrogens with zero attached hydrogens (tertiary/aromatic N) is 6. The van der Waals surface area contributed by atoms with Gasteiger partial charge in [0.25, 0.3) is 11.5 Å². The van der Waals surface area contributed by atoms with Crippen molar-refractivity contribution in [3.05, 3.63) is 46.1 Å². The number of aromatic nitrogens is 5. The summed E-state index contributed by atoms with van der Waals surface area (Å²) in [5.74, 6) is 0.836. The molecule has 2 amide bonds. The van der Waals surface area contributed by atoms with E-state index in [1.165, 1.54) is 15.4 Å². The van der Waals surface area contributed by atoms with Gasteiger partial charge in [0, 0.05) is 51.3 Å². The number of carbonyl (C=O) groups is 2. The maximum absolute atomic E-state index is 13.0. The van der Waals surface area contributed by atoms with Crippen LogP contribution in [0.5, 0.6) is 0 Å². The Kier molecular flexibility index (Phi) is 6.30. The molecular weight excluding hydrogens is 438 g/mol. The fourth-order valence-corrected chi connectivity index (χ4v) is 4.31. The van der Waals surface area contributed by atoms with Gasteiger partial charge in [-0.1, -0.05) is 0 Å². The molecule has 2 unspecified atom stereocenters. The third-order valence-electron chi connectivity index (χ3n) is 6.39. The molecule has 2 atom stereocenters. The van der Waals surface area contributed by atoms with Crippen LogP contribution >= 0.6 is 0 Å². The SMILES string of the molecule is COC(C)(C)C.Cc1c(C(=O)N2CC3CN(C=O)CC3C2)cnn1-c1nn2cccc2c(=O)[nH]1. The maximum atomic E-state index is 13.0. The number of fused-ring (bicyclic) bond motifs is 2. The van der Waals surface area contributed by atoms with Gasteiger partial charge in [0.05, 0.1) is 23.1 Å². The average molecular weight is 470 g/mol. The van der Waals surface area contributed by atoms with Crippen LogP contribution in [0.2, 0.25) is 0 Å². The Morgan fingerprint density at radius 1 is 1.21 bits per heavy atom. The lowest BCUT2D eigenvalue weighted by molar-refractivity contribution is -0.117. The van der Waals surface area contributed by atoms with Gasteiger partial charge < -0.3 is 14.5 Å². The van der Waals surface area contributed by atoms with Crippen molar-refractivity contribution in [1.82, 2.24) is 34.2 Å². The normalized spacial score (nSPS) is 19.8. The molecule has 0 spiro atoms. The van der Waals surface area contributed by atoms with Crippen molar-refractivity contribution in [2.24, 2.45) is 11.8 Å². The number of methoxy groups -OCH3 is 1. The quantitative estimate of drug-likeness (QED) is 0.574. The standard InChI is InChI=1S/C18H19N7O3.C5H12O/c1-11-14(17(28)23-8-12-6-22(10-26)7-13(12)9-23)5-19-25(11)18-20-16(27)15-3-2-4-24(15)21-18;1-5(2,3)6-4/h2-5,10,12-13H,6-9H2,1H3,(H,20,21,27);1-4H3. The van der Waals surface area contributed by atoms with Crippen molar-refractivity contribution < 1.29 is 14.3 Å². The number of amides is 2. The lowest BCUT2D eigenvalue weighted by atomic mass is 10.0. The predicted molar refractivity (Wildman–Crippen MR) is 125 cm³/mol. The Bertz CT molecular complexity index is 1240. The summed E-state index contributed by atoms with van der Waals surface area (Å²) in [6.45, 7) is 10.5. The minimum atomic E-state index is -0.273. The second kappa shape index (κ2) is 9.05. The van der Waals surface area contributed by atoms with E-state index in [0.29, 0.717) is 54.8 Å². The fourth-order valence-electron chi connectivity index (χ4n) is 4.31. The summed E-state index contributed by atoms with van der Waals surface area (Å²) in [6.07, 6.45) is 4.09. The molecule has 2 fully saturated rings. The van der Waals surface area contributed by atoms with E-state index >= 15 is 0 Å². The molecule has 182 valence electrons. The summed E-state index contributed by atoms with van der Waals surface area (Å²) in [5.41, 5.74) is 1.32. The molecular formula is C23H31N7O4. The Hall–Kier alpha value is -3.47. The molecule has 2 aliphatic heterocycles. The number of H-pyrrole nitrogens is 1. The van der Waals surface area contributed by atoms with Crippen LogP contribution in [0.25, 0.3) is 11.5 Å². The number of hydrogen-bond donors (Lipinski definition) is 1. The Morgan fingerprint density at radius 2 is 1.85 bits per heavy atom. The summed E-state index contributed by atoms with van der Waals surface area (Å²) in [4.78, 5) is 42.5. The molecule has 0 radical (unpaired) electrons. The third-order valence-corrected chi connectivity index (χ3v) is 6.39. The van der Waals surface area contributed by atoms with Crippen LogP contribution in [0.1, 0.15) is 36.8 Å². The van der Waals surface area contributed by atoms with Gasteiger partial charge in [0.1, 0.15) is 5.52 Å². The van der Waals surface area contributed by atoms with Gasteiger partial charge in [0.2, 0.25) is 12.4 Å². The molecule has 0 saturated carbocycles. The maximum Gasteiger partial charge on any atom is 0.276 e. The van der Waals surface area contributed by atoms with Crippen molar-refractivity contribution >= 4 is 17.8 Å². The van der Waals surface area contributed by atoms with E-state index < -0.39 is 0 Å². The highest BCUT2D eigenvalue weighted by Crippen LogP contribution is 2.31. The van der Waals surface area contributed by atoms with E-state index in [4.69, 9.17) is 4.74 Å². The number of hydrogen-bond acceptors (Lipinski definition) is 6. The van der Waals surface area contributed by atoms with Gasteiger partial charge in [-0.25, -0.2) is 9.20 Å². The lowest BCUT2D eigenvalue weighted by Crippen LogP contribution is -2.33. The molecule has 3 aromatic heterocycles. The van der Waals surface area contributed by atoms with Gasteiger partial charge in [-0.2, -0.15) is 5.10 Å². The lowest BCUT2D eigenvalue weighted by Gasteiger charge is -2.19. The van der Waals surface area contributed by atoms with Gasteiger partial charge in [-0.15, -0.1) is 5.10 Å². The van der Waals surface area contributed by atoms with Gasteiger partial charge in [0.15, 0.2) is 0 Å². The summed E-state index contributed by atoms with van der Waals surface area (Å²) >= 11 is 0. The monoisotopic (exact) mass is 469 g/mol. The molecule has 2 aliphatic rings. The highest BCUT2D eigenvalue weighted by atomic mass is 16.5. The van der Waals surface area contributed by atoms with Crippen LogP contribution < -0.4 is 5.56 Å². The summed E-state index contributed by atoms with van der Waals surface area (Å²) in [6, 6.07) is 3.42. The van der Waals surface area contributed by atoms with Crippen LogP contribution in [0, 0.1) is 18.8 Å². The van der Waals surface area contributed by atoms with Crippen LogP contribution in [-0.4, -0.2) is 85.4 Å². The second-order valence-electron chi connectivity index (χ2n) is 9.78. The van der Waals surface area contributed by atoms with Gasteiger partial charge in [-0.05, 0) is 39.8 Å². The zero-order chi connectivity index (χ0) is 24.6. The predicted octanol–water partition coefficient (Wildman–Crippen LogP) is 1.11. The number of aromatic amines is 1. The zero-order valence-electron chi connectivity index (χ0n) is 20.2. The molecule has 34 heavy (non-hydrogen) atoms. The Labute approximate surface area is 197 Å². The Balaban J connectivity index is 0.000000408. The number of carbonyl (C=O) groups excluding carboxylic acids is 2. The zero-order valence-corrected chi connectivity index (χ0v) is 20.2. The third kappa shape index (κ3) is 4.60. The average Bonchev–Trinajstić information content (AvgIpc) is 3.55. The number of rotatable bonds is 3. The highest BCUT2D eigenvalue weighted by molar-refractivity contribution is 5.95. The van der Waals surface area contributed by atoms with E-state index in [-0.39, 0.29) is 23.0 Å². The van der Waals surface area contributed by atoms with E-state index in [2.05, 4.69) is 15.2 Å². The fraction of sp³-hybridized carbons (Fsp3) is 0.522. The summed E-state index contributed by atoms with van der Waals surface area (Å²) in [5, 5.41) is 8.64. The molecule has 2 saturated heterocycles. The molecule has 11 heteroatoms. The van der Waals surface area contributed by atoms with Crippen molar-refractivity contribution in [2.45, 2.75) is 33.3 Å². The van der Waals surface area contributed by atoms with E-state index in [1.807, 2.05) is 25.7 Å². The summed E-state index contributed by atoms with van der Waals surface area (Å²) in [7, 11) is 1.71. The first-order chi connectivity index (χ1) is 16.1. The minimum absolute atomic E-state index is 0.0417. The van der Waals surface area contributed by atoms with Crippen molar-refractivity contribution in [1.29, 1.82) is 0 Å². The molecule has 3 aromatic rings. The molecule has 5 rings (SSSR count). The van der Waals surface area contributed by atoms with Gasteiger partial charge >= 0.3 is 0 Å². The second-order valence-corrected chi connectivity index (χ2v) is 9.78. The first kappa shape index (κ1) is 23.7. The van der Waals surface area contributed by atoms with Crippen molar-refractivity contribution in [2.75, 3.05) is 33.3 Å². The number of nitrogens with one attached hydrogen (secondary N) is 1. The largest absolute Gasteiger partial charge is 0.379 e. The first-order valence-electron chi connectivity index (χ1n) is 11.3. The number of likely N-dealkylation sites (tertiary alicyclic amines) is 2. The summed E-state index contributed by atoms with van der Waals surface area (Å²) < 4.78 is 7.89. The molecule has 5 heterocycles. The van der Waals surface area contributed by atoms with Crippen LogP contribution in [0.3, 0.4) is 0 Å². The van der Waals surface area contributed by atoms with Crippen LogP contribution in [0.4, 0.5) is 0 Å². The molecule has 0 aliphatic carbocycles. The first-order valence-corrected chi connectivity index (χ1v) is 11.3. The molecule has 11 nitrogen and oxygen atoms in total. The van der Waals surface area contributed by atoms with E-state index in [1.54, 1.807) is 37.3 Å². The molecule has 0 aromatic carbocycles. The highest BCUT2D eigenvalue weighted by Gasteiger charge is 2.41. The minimum Gasteiger partial charge on any atom is -0.379 e. The van der Waals surface area contributed by atoms with Crippen LogP contribution in [0.15, 0.2) is 29.3 Å². The molecule has 1 N–H and O–H groups in total. The number of ether oxygens (including phenoxy) is 1. The van der Waals surface area contributed by atoms with E-state index in [9.17, 15) is 14.4 Å². The van der Waals surface area contributed by atoms with Crippen molar-refractivity contribution in [3.63, 3.8) is 0 Å². The molecule has 0 bridgehead atoms.